The molecule has 1 aliphatic rings. The van der Waals surface area contributed by atoms with Gasteiger partial charge in [-0.1, -0.05) is 36.2 Å². The summed E-state index contributed by atoms with van der Waals surface area (Å²) >= 11 is 12.3. The van der Waals surface area contributed by atoms with Gasteiger partial charge >= 0.3 is 6.03 Å². The van der Waals surface area contributed by atoms with Crippen molar-refractivity contribution in [2.45, 2.75) is 19.8 Å². The zero-order chi connectivity index (χ0) is 24.7. The van der Waals surface area contributed by atoms with Gasteiger partial charge in [0.25, 0.3) is 0 Å². The maximum Gasteiger partial charge on any atom is 0.322 e. The van der Waals surface area contributed by atoms with Gasteiger partial charge in [0.15, 0.2) is 0 Å². The topological polar surface area (TPSA) is 85.0 Å². The van der Waals surface area contributed by atoms with Crippen molar-refractivity contribution < 1.29 is 14.4 Å². The summed E-state index contributed by atoms with van der Waals surface area (Å²) in [5, 5.41) is 6.40. The van der Waals surface area contributed by atoms with Crippen molar-refractivity contribution in [2.24, 2.45) is 0 Å². The lowest BCUT2D eigenvalue weighted by Crippen LogP contribution is -2.50. The van der Waals surface area contributed by atoms with E-state index in [1.165, 1.54) is 4.90 Å². The second-order valence-electron chi connectivity index (χ2n) is 8.10. The van der Waals surface area contributed by atoms with Crippen LogP contribution >= 0.6 is 23.2 Å². The highest BCUT2D eigenvalue weighted by molar-refractivity contribution is 6.39. The standard InChI is InChI=1S/C24H29Cl2N5O3/c1-3-5-22(33)29(2)16-21(32)27-17-8-10-18(11-9-17)30-12-14-31(15-13-30)24(34)28-23-19(25)6-4-7-20(23)26/h4,6-11H,3,5,12-16H2,1-2H3,(H,27,32)(H,28,34). The first-order chi connectivity index (χ1) is 16.3. The quantitative estimate of drug-likeness (QED) is 0.578. The first-order valence-electron chi connectivity index (χ1n) is 11.2. The Kier molecular flexibility index (Phi) is 9.01. The van der Waals surface area contributed by atoms with Crippen LogP contribution in [0.2, 0.25) is 10.0 Å². The predicted molar refractivity (Wildman–Crippen MR) is 137 cm³/mol. The monoisotopic (exact) mass is 505 g/mol. The number of nitrogens with one attached hydrogen (secondary N) is 2. The lowest BCUT2D eigenvalue weighted by Gasteiger charge is -2.36. The summed E-state index contributed by atoms with van der Waals surface area (Å²) in [5.74, 6) is -0.284. The first kappa shape index (κ1) is 25.6. The van der Waals surface area contributed by atoms with Crippen LogP contribution in [0.4, 0.5) is 21.9 Å². The molecule has 1 aliphatic heterocycles. The second-order valence-corrected chi connectivity index (χ2v) is 8.91. The van der Waals surface area contributed by atoms with Gasteiger partial charge in [-0.3, -0.25) is 9.59 Å². The molecule has 0 aliphatic carbocycles. The molecule has 1 fully saturated rings. The van der Waals surface area contributed by atoms with Crippen molar-refractivity contribution in [2.75, 3.05) is 55.3 Å². The number of benzene rings is 2. The molecule has 10 heteroatoms. The van der Waals surface area contributed by atoms with Crippen LogP contribution in [0, 0.1) is 0 Å². The Bertz CT molecular complexity index is 1000. The van der Waals surface area contributed by atoms with E-state index in [0.29, 0.717) is 54.0 Å². The highest BCUT2D eigenvalue weighted by Crippen LogP contribution is 2.30. The molecule has 2 N–H and O–H groups in total. The number of halogens is 2. The summed E-state index contributed by atoms with van der Waals surface area (Å²) in [6, 6.07) is 12.4. The Morgan fingerprint density at radius 2 is 1.56 bits per heavy atom. The molecule has 0 saturated carbocycles. The van der Waals surface area contributed by atoms with E-state index in [1.807, 2.05) is 31.2 Å². The molecule has 0 radical (unpaired) electrons. The summed E-state index contributed by atoms with van der Waals surface area (Å²) < 4.78 is 0. The number of nitrogens with zero attached hydrogens (tertiary/aromatic N) is 3. The molecular weight excluding hydrogens is 477 g/mol. The molecule has 1 heterocycles. The summed E-state index contributed by atoms with van der Waals surface area (Å²) in [5.41, 5.74) is 2.08. The SMILES string of the molecule is CCCC(=O)N(C)CC(=O)Nc1ccc(N2CCN(C(=O)Nc3c(Cl)cccc3Cl)CC2)cc1. The van der Waals surface area contributed by atoms with Gasteiger partial charge in [0.1, 0.15) is 0 Å². The molecule has 182 valence electrons. The lowest BCUT2D eigenvalue weighted by molar-refractivity contribution is -0.133. The van der Waals surface area contributed by atoms with E-state index in [4.69, 9.17) is 23.2 Å². The van der Waals surface area contributed by atoms with Crippen LogP contribution in [0.25, 0.3) is 0 Å². The van der Waals surface area contributed by atoms with E-state index in [2.05, 4.69) is 15.5 Å². The summed E-state index contributed by atoms with van der Waals surface area (Å²) in [6.07, 6.45) is 1.18. The summed E-state index contributed by atoms with van der Waals surface area (Å²) in [6.45, 7) is 4.37. The number of para-hydroxylation sites is 1. The fourth-order valence-electron chi connectivity index (χ4n) is 3.64. The lowest BCUT2D eigenvalue weighted by atomic mass is 10.2. The van der Waals surface area contributed by atoms with E-state index in [0.717, 1.165) is 12.1 Å². The van der Waals surface area contributed by atoms with Crippen LogP contribution in [0.15, 0.2) is 42.5 Å². The molecular formula is C24H29Cl2N5O3. The van der Waals surface area contributed by atoms with Crippen LogP contribution in [0.3, 0.4) is 0 Å². The fourth-order valence-corrected chi connectivity index (χ4v) is 4.13. The maximum atomic E-state index is 12.6. The normalized spacial score (nSPS) is 13.4. The number of piperazine rings is 1. The van der Waals surface area contributed by atoms with Gasteiger partial charge in [-0.25, -0.2) is 4.79 Å². The highest BCUT2D eigenvalue weighted by Gasteiger charge is 2.22. The van der Waals surface area contributed by atoms with Gasteiger partial charge in [-0.15, -0.1) is 0 Å². The van der Waals surface area contributed by atoms with E-state index >= 15 is 0 Å². The average molecular weight is 506 g/mol. The van der Waals surface area contributed by atoms with Crippen LogP contribution in [0.5, 0.6) is 0 Å². The average Bonchev–Trinajstić information content (AvgIpc) is 2.82. The van der Waals surface area contributed by atoms with Gasteiger partial charge in [-0.2, -0.15) is 0 Å². The third-order valence-electron chi connectivity index (χ3n) is 5.55. The molecule has 0 aromatic heterocycles. The smallest absolute Gasteiger partial charge is 0.322 e. The third-order valence-corrected chi connectivity index (χ3v) is 6.18. The van der Waals surface area contributed by atoms with Crippen molar-refractivity contribution in [3.63, 3.8) is 0 Å². The zero-order valence-corrected chi connectivity index (χ0v) is 20.8. The maximum absolute atomic E-state index is 12.6. The second kappa shape index (κ2) is 11.9. The zero-order valence-electron chi connectivity index (χ0n) is 19.3. The van der Waals surface area contributed by atoms with Crippen molar-refractivity contribution >= 4 is 58.1 Å². The minimum absolute atomic E-state index is 0.0179. The molecule has 34 heavy (non-hydrogen) atoms. The van der Waals surface area contributed by atoms with E-state index in [1.54, 1.807) is 30.1 Å². The molecule has 2 aromatic carbocycles. The largest absolute Gasteiger partial charge is 0.368 e. The predicted octanol–water partition coefficient (Wildman–Crippen LogP) is 4.54. The first-order valence-corrected chi connectivity index (χ1v) is 11.9. The number of hydrogen-bond acceptors (Lipinski definition) is 4. The van der Waals surface area contributed by atoms with Gasteiger partial charge in [0, 0.05) is 51.0 Å². The molecule has 3 rings (SSSR count). The van der Waals surface area contributed by atoms with E-state index < -0.39 is 0 Å². The number of urea groups is 1. The van der Waals surface area contributed by atoms with Gasteiger partial charge in [0.05, 0.1) is 22.3 Å². The van der Waals surface area contributed by atoms with Crippen molar-refractivity contribution in [1.29, 1.82) is 0 Å². The molecule has 8 nitrogen and oxygen atoms in total. The Balaban J connectivity index is 1.49. The van der Waals surface area contributed by atoms with E-state index in [-0.39, 0.29) is 24.4 Å². The van der Waals surface area contributed by atoms with Crippen LogP contribution < -0.4 is 15.5 Å². The van der Waals surface area contributed by atoms with Crippen LogP contribution in [-0.2, 0) is 9.59 Å². The van der Waals surface area contributed by atoms with Crippen LogP contribution in [0.1, 0.15) is 19.8 Å². The minimum Gasteiger partial charge on any atom is -0.368 e. The van der Waals surface area contributed by atoms with Crippen LogP contribution in [-0.4, -0.2) is 67.4 Å². The third kappa shape index (κ3) is 6.77. The molecule has 0 spiro atoms. The summed E-state index contributed by atoms with van der Waals surface area (Å²) in [7, 11) is 1.63. The number of rotatable bonds is 7. The Morgan fingerprint density at radius 1 is 0.941 bits per heavy atom. The minimum atomic E-state index is -0.241. The Labute approximate surface area is 209 Å². The van der Waals surface area contributed by atoms with Gasteiger partial charge in [-0.05, 0) is 42.8 Å². The van der Waals surface area contributed by atoms with Gasteiger partial charge in [0.2, 0.25) is 11.8 Å². The number of hydrogen-bond donors (Lipinski definition) is 2. The van der Waals surface area contributed by atoms with Crippen molar-refractivity contribution in [3.05, 3.63) is 52.5 Å². The number of carbonyl (C=O) groups is 3. The Morgan fingerprint density at radius 3 is 2.15 bits per heavy atom. The number of carbonyl (C=O) groups excluding carboxylic acids is 3. The van der Waals surface area contributed by atoms with Crippen molar-refractivity contribution in [3.8, 4) is 0 Å². The van der Waals surface area contributed by atoms with Crippen molar-refractivity contribution in [1.82, 2.24) is 9.80 Å². The Hall–Kier alpha value is -2.97. The molecule has 2 aromatic rings. The number of anilines is 3. The molecule has 0 atom stereocenters. The number of likely N-dealkylation sites (N-methyl/N-ethyl adjacent to an activating group) is 1. The highest BCUT2D eigenvalue weighted by atomic mass is 35.5. The summed E-state index contributed by atoms with van der Waals surface area (Å²) in [4.78, 5) is 42.0. The fraction of sp³-hybridized carbons (Fsp3) is 0.375. The molecule has 1 saturated heterocycles. The van der Waals surface area contributed by atoms with Gasteiger partial charge < -0.3 is 25.3 Å². The molecule has 0 unspecified atom stereocenters. The van der Waals surface area contributed by atoms with E-state index in [9.17, 15) is 14.4 Å². The molecule has 4 amide bonds. The number of amides is 4. The molecule has 0 bridgehead atoms.